The van der Waals surface area contributed by atoms with E-state index in [2.05, 4.69) is 18.8 Å². The van der Waals surface area contributed by atoms with Crippen LogP contribution in [0.15, 0.2) is 42.5 Å². The summed E-state index contributed by atoms with van der Waals surface area (Å²) < 4.78 is 13.2. The number of rotatable bonds is 9. The third-order valence-electron chi connectivity index (χ3n) is 4.74. The number of hydrogen-bond acceptors (Lipinski definition) is 5. The molecular formula is C27H37NO3S. The molecule has 0 unspecified atom stereocenters. The van der Waals surface area contributed by atoms with Crippen LogP contribution in [0.3, 0.4) is 0 Å². The topological polar surface area (TPSA) is 48.4 Å². The fraction of sp³-hybridized carbons (Fsp3) is 0.481. The van der Waals surface area contributed by atoms with Crippen LogP contribution in [0.25, 0.3) is 10.2 Å². The molecule has 4 rings (SSSR count). The number of nitrogens with zero attached hydrogens (tertiary/aromatic N) is 1. The Kier molecular flexibility index (Phi) is 11.2. The summed E-state index contributed by atoms with van der Waals surface area (Å²) >= 11 is 1.53. The number of fused-ring (bicyclic) bond motifs is 1. The molecule has 1 aliphatic rings. The second-order valence-corrected chi connectivity index (χ2v) is 8.68. The highest BCUT2D eigenvalue weighted by Crippen LogP contribution is 2.38. The van der Waals surface area contributed by atoms with Crippen molar-refractivity contribution in [1.82, 2.24) is 4.98 Å². The zero-order chi connectivity index (χ0) is 23.3. The van der Waals surface area contributed by atoms with Gasteiger partial charge >= 0.3 is 0 Å². The van der Waals surface area contributed by atoms with Crippen LogP contribution in [0.2, 0.25) is 0 Å². The van der Waals surface area contributed by atoms with Gasteiger partial charge in [-0.05, 0) is 55.0 Å². The molecule has 0 atom stereocenters. The predicted octanol–water partition coefficient (Wildman–Crippen LogP) is 8.23. The van der Waals surface area contributed by atoms with Crippen molar-refractivity contribution in [2.75, 3.05) is 6.61 Å². The lowest BCUT2D eigenvalue weighted by Gasteiger charge is -2.12. The average Bonchev–Trinajstić information content (AvgIpc) is 3.56. The van der Waals surface area contributed by atoms with Crippen LogP contribution in [0.4, 0.5) is 0 Å². The number of ketones is 1. The Labute approximate surface area is 197 Å². The van der Waals surface area contributed by atoms with Crippen molar-refractivity contribution in [2.45, 2.75) is 73.1 Å². The summed E-state index contributed by atoms with van der Waals surface area (Å²) in [6.45, 7) is 10.9. The van der Waals surface area contributed by atoms with Gasteiger partial charge in [0.2, 0.25) is 0 Å². The minimum atomic E-state index is 0.283. The number of carbonyl (C=O) groups excluding carboxylic acids is 1. The van der Waals surface area contributed by atoms with E-state index in [4.69, 9.17) is 9.47 Å². The lowest BCUT2D eigenvalue weighted by molar-refractivity contribution is -0.118. The summed E-state index contributed by atoms with van der Waals surface area (Å²) in [7, 11) is 0. The van der Waals surface area contributed by atoms with E-state index < -0.39 is 0 Å². The Morgan fingerprint density at radius 3 is 2.44 bits per heavy atom. The Hall–Kier alpha value is -2.40. The molecule has 3 aromatic rings. The van der Waals surface area contributed by atoms with Crippen LogP contribution < -0.4 is 9.47 Å². The first kappa shape index (κ1) is 25.9. The van der Waals surface area contributed by atoms with E-state index in [0.717, 1.165) is 28.0 Å². The number of hydrogen-bond donors (Lipinski definition) is 0. The van der Waals surface area contributed by atoms with Crippen LogP contribution >= 0.6 is 11.3 Å². The van der Waals surface area contributed by atoms with Gasteiger partial charge in [0.25, 0.3) is 5.19 Å². The molecule has 1 aromatic heterocycles. The van der Waals surface area contributed by atoms with E-state index >= 15 is 0 Å². The summed E-state index contributed by atoms with van der Waals surface area (Å²) in [4.78, 5) is 16.2. The summed E-state index contributed by atoms with van der Waals surface area (Å²) in [5.74, 6) is 2.36. The molecule has 4 nitrogen and oxygen atoms in total. The largest absolute Gasteiger partial charge is 0.489 e. The molecule has 32 heavy (non-hydrogen) atoms. The smallest absolute Gasteiger partial charge is 0.279 e. The van der Waals surface area contributed by atoms with E-state index in [9.17, 15) is 4.79 Å². The Bertz CT molecular complexity index is 929. The first-order valence-corrected chi connectivity index (χ1v) is 12.7. The lowest BCUT2D eigenvalue weighted by Crippen LogP contribution is -2.02. The average molecular weight is 456 g/mol. The molecule has 0 saturated heterocycles. The molecule has 1 heterocycles. The normalized spacial score (nSPS) is 12.3. The molecule has 0 bridgehead atoms. The first-order chi connectivity index (χ1) is 15.6. The molecule has 2 aromatic carbocycles. The molecule has 1 fully saturated rings. The number of aromatic nitrogens is 1. The number of Topliss-reactive ketones (excluding diaryl/α,β-unsaturated/α-hetero) is 1. The molecule has 1 aliphatic carbocycles. The summed E-state index contributed by atoms with van der Waals surface area (Å²) in [5.41, 5.74) is 2.03. The minimum absolute atomic E-state index is 0.283. The highest BCUT2D eigenvalue weighted by atomic mass is 32.1. The SMILES string of the molecule is CC.CCC.CCC(=O)CCc1ccc(Oc2nc3ccccc3s2)c(OCC2CC2)c1. The molecule has 0 N–H and O–H groups in total. The summed E-state index contributed by atoms with van der Waals surface area (Å²) in [6, 6.07) is 13.9. The zero-order valence-electron chi connectivity index (χ0n) is 20.1. The molecule has 0 spiro atoms. The van der Waals surface area contributed by atoms with Crippen molar-refractivity contribution in [3.05, 3.63) is 48.0 Å². The number of aryl methyl sites for hydroxylation is 1. The molecule has 0 aliphatic heterocycles. The van der Waals surface area contributed by atoms with Gasteiger partial charge in [0.1, 0.15) is 5.78 Å². The molecule has 174 valence electrons. The van der Waals surface area contributed by atoms with Gasteiger partial charge in [0.15, 0.2) is 11.5 Å². The monoisotopic (exact) mass is 455 g/mol. The number of ether oxygens (including phenoxy) is 2. The van der Waals surface area contributed by atoms with Gasteiger partial charge in [-0.1, -0.05) is 70.6 Å². The number of para-hydroxylation sites is 1. The highest BCUT2D eigenvalue weighted by molar-refractivity contribution is 7.20. The minimum Gasteiger partial charge on any atom is -0.489 e. The molecular weight excluding hydrogens is 418 g/mol. The first-order valence-electron chi connectivity index (χ1n) is 11.9. The zero-order valence-corrected chi connectivity index (χ0v) is 21.0. The predicted molar refractivity (Wildman–Crippen MR) is 135 cm³/mol. The van der Waals surface area contributed by atoms with Crippen LogP contribution in [-0.4, -0.2) is 17.4 Å². The Morgan fingerprint density at radius 2 is 1.78 bits per heavy atom. The third kappa shape index (κ3) is 8.27. The fourth-order valence-corrected chi connectivity index (χ4v) is 3.67. The van der Waals surface area contributed by atoms with E-state index in [1.807, 2.05) is 63.2 Å². The molecule has 0 amide bonds. The van der Waals surface area contributed by atoms with Gasteiger partial charge in [0.05, 0.1) is 16.8 Å². The summed E-state index contributed by atoms with van der Waals surface area (Å²) in [6.07, 6.45) is 5.60. The van der Waals surface area contributed by atoms with Crippen molar-refractivity contribution >= 4 is 27.3 Å². The number of thiazole rings is 1. The maximum atomic E-state index is 11.6. The quantitative estimate of drug-likeness (QED) is 0.326. The molecule has 1 saturated carbocycles. The van der Waals surface area contributed by atoms with Gasteiger partial charge in [0, 0.05) is 12.8 Å². The van der Waals surface area contributed by atoms with Crippen molar-refractivity contribution < 1.29 is 14.3 Å². The van der Waals surface area contributed by atoms with Crippen molar-refractivity contribution in [3.8, 4) is 16.7 Å². The van der Waals surface area contributed by atoms with Crippen LogP contribution in [0.5, 0.6) is 16.7 Å². The van der Waals surface area contributed by atoms with Crippen LogP contribution in [0.1, 0.15) is 72.3 Å². The second-order valence-electron chi connectivity index (χ2n) is 7.68. The number of benzene rings is 2. The van der Waals surface area contributed by atoms with Gasteiger partial charge in [-0.3, -0.25) is 4.79 Å². The van der Waals surface area contributed by atoms with Gasteiger partial charge in [-0.25, -0.2) is 4.98 Å². The van der Waals surface area contributed by atoms with E-state index in [-0.39, 0.29) is 5.78 Å². The third-order valence-corrected chi connectivity index (χ3v) is 5.65. The van der Waals surface area contributed by atoms with E-state index in [1.165, 1.54) is 30.6 Å². The molecule has 0 radical (unpaired) electrons. The van der Waals surface area contributed by atoms with Crippen molar-refractivity contribution in [3.63, 3.8) is 0 Å². The van der Waals surface area contributed by atoms with Gasteiger partial charge < -0.3 is 9.47 Å². The molecule has 5 heteroatoms. The maximum absolute atomic E-state index is 11.6. The Morgan fingerprint density at radius 1 is 1.06 bits per heavy atom. The van der Waals surface area contributed by atoms with Gasteiger partial charge in [-0.2, -0.15) is 0 Å². The Balaban J connectivity index is 0.000000671. The van der Waals surface area contributed by atoms with Crippen molar-refractivity contribution in [2.24, 2.45) is 5.92 Å². The maximum Gasteiger partial charge on any atom is 0.279 e. The van der Waals surface area contributed by atoms with E-state index in [0.29, 0.717) is 36.3 Å². The summed E-state index contributed by atoms with van der Waals surface area (Å²) in [5, 5.41) is 0.612. The highest BCUT2D eigenvalue weighted by Gasteiger charge is 2.23. The number of carbonyl (C=O) groups is 1. The van der Waals surface area contributed by atoms with Crippen molar-refractivity contribution in [1.29, 1.82) is 0 Å². The van der Waals surface area contributed by atoms with Crippen LogP contribution in [-0.2, 0) is 11.2 Å². The fourth-order valence-electron chi connectivity index (χ4n) is 2.85. The standard InChI is InChI=1S/C22H23NO3S.C3H8.C2H6/c1-2-17(24)11-9-15-10-12-19(20(13-15)25-14-16-7-8-16)26-22-23-18-5-3-4-6-21(18)27-22;1-3-2;1-2/h3-6,10,12-13,16H,2,7-9,11,14H2,1H3;3H2,1-2H3;1-2H3. The lowest BCUT2D eigenvalue weighted by atomic mass is 10.1. The van der Waals surface area contributed by atoms with Gasteiger partial charge in [-0.15, -0.1) is 0 Å². The van der Waals surface area contributed by atoms with E-state index in [1.54, 1.807) is 0 Å². The second kappa shape index (κ2) is 13.9. The van der Waals surface area contributed by atoms with Crippen LogP contribution in [0, 0.1) is 5.92 Å².